The summed E-state index contributed by atoms with van der Waals surface area (Å²) >= 11 is 0. The average Bonchev–Trinajstić information content (AvgIpc) is 2.70. The molecule has 0 aliphatic carbocycles. The van der Waals surface area contributed by atoms with E-state index in [0.29, 0.717) is 6.54 Å². The van der Waals surface area contributed by atoms with Crippen molar-refractivity contribution in [3.63, 3.8) is 0 Å². The zero-order valence-electron chi connectivity index (χ0n) is 10.8. The Kier molecular flexibility index (Phi) is 4.12. The van der Waals surface area contributed by atoms with E-state index in [1.54, 1.807) is 0 Å². The molecule has 2 rings (SSSR count). The summed E-state index contributed by atoms with van der Waals surface area (Å²) in [6.45, 7) is 2.75. The Morgan fingerprint density at radius 3 is 2.61 bits per heavy atom. The third kappa shape index (κ3) is 2.97. The van der Waals surface area contributed by atoms with Gasteiger partial charge in [-0.05, 0) is 18.6 Å². The summed E-state index contributed by atoms with van der Waals surface area (Å²) in [7, 11) is 1.93. The van der Waals surface area contributed by atoms with Gasteiger partial charge < -0.3 is 10.4 Å². The quantitative estimate of drug-likeness (QED) is 0.840. The number of nitrogens with one attached hydrogen (secondary N) is 1. The molecule has 4 nitrogen and oxygen atoms in total. The van der Waals surface area contributed by atoms with Crippen molar-refractivity contribution in [2.24, 2.45) is 7.05 Å². The van der Waals surface area contributed by atoms with Crippen LogP contribution in [0.15, 0.2) is 36.4 Å². The SMILES string of the molecule is Cc1cc(CNC(CO)c2ccccc2)n(C)n1. The highest BCUT2D eigenvalue weighted by atomic mass is 16.3. The van der Waals surface area contributed by atoms with E-state index < -0.39 is 0 Å². The molecule has 2 N–H and O–H groups in total. The van der Waals surface area contributed by atoms with Gasteiger partial charge in [-0.3, -0.25) is 4.68 Å². The monoisotopic (exact) mass is 245 g/mol. The van der Waals surface area contributed by atoms with Crippen LogP contribution in [0, 0.1) is 6.92 Å². The average molecular weight is 245 g/mol. The molecule has 0 saturated carbocycles. The maximum absolute atomic E-state index is 9.45. The number of benzene rings is 1. The van der Waals surface area contributed by atoms with E-state index in [-0.39, 0.29) is 12.6 Å². The predicted molar refractivity (Wildman–Crippen MR) is 71.1 cm³/mol. The topological polar surface area (TPSA) is 50.1 Å². The summed E-state index contributed by atoms with van der Waals surface area (Å²) in [5, 5.41) is 17.1. The van der Waals surface area contributed by atoms with Gasteiger partial charge in [-0.25, -0.2) is 0 Å². The van der Waals surface area contributed by atoms with Crippen LogP contribution in [0.4, 0.5) is 0 Å². The normalized spacial score (nSPS) is 12.6. The van der Waals surface area contributed by atoms with Crippen LogP contribution >= 0.6 is 0 Å². The van der Waals surface area contributed by atoms with E-state index in [1.807, 2.05) is 55.1 Å². The Labute approximate surface area is 107 Å². The molecule has 0 aliphatic heterocycles. The van der Waals surface area contributed by atoms with Crippen molar-refractivity contribution in [3.05, 3.63) is 53.3 Å². The number of aliphatic hydroxyl groups is 1. The molecule has 4 heteroatoms. The standard InChI is InChI=1S/C14H19N3O/c1-11-8-13(17(2)16-11)9-15-14(10-18)12-6-4-3-5-7-12/h3-8,14-15,18H,9-10H2,1-2H3. The summed E-state index contributed by atoms with van der Waals surface area (Å²) in [6, 6.07) is 12.0. The lowest BCUT2D eigenvalue weighted by Gasteiger charge is -2.16. The molecular weight excluding hydrogens is 226 g/mol. The van der Waals surface area contributed by atoms with E-state index in [1.165, 1.54) is 0 Å². The molecular formula is C14H19N3O. The second-order valence-electron chi connectivity index (χ2n) is 4.43. The van der Waals surface area contributed by atoms with E-state index in [4.69, 9.17) is 0 Å². The van der Waals surface area contributed by atoms with Crippen LogP contribution in [0.25, 0.3) is 0 Å². The fourth-order valence-electron chi connectivity index (χ4n) is 2.03. The number of aliphatic hydroxyl groups excluding tert-OH is 1. The molecule has 0 saturated heterocycles. The number of rotatable bonds is 5. The minimum atomic E-state index is -0.0404. The molecule has 0 fully saturated rings. The van der Waals surface area contributed by atoms with E-state index in [2.05, 4.69) is 10.4 Å². The van der Waals surface area contributed by atoms with Gasteiger partial charge >= 0.3 is 0 Å². The first-order valence-corrected chi connectivity index (χ1v) is 6.09. The molecule has 1 heterocycles. The van der Waals surface area contributed by atoms with Crippen LogP contribution < -0.4 is 5.32 Å². The van der Waals surface area contributed by atoms with Crippen LogP contribution in [0.1, 0.15) is 23.0 Å². The number of hydrogen-bond donors (Lipinski definition) is 2. The third-order valence-electron chi connectivity index (χ3n) is 3.01. The predicted octanol–water partition coefficient (Wildman–Crippen LogP) is 1.55. The van der Waals surface area contributed by atoms with Crippen molar-refractivity contribution < 1.29 is 5.11 Å². The minimum absolute atomic E-state index is 0.0404. The number of nitrogens with zero attached hydrogens (tertiary/aromatic N) is 2. The lowest BCUT2D eigenvalue weighted by molar-refractivity contribution is 0.243. The van der Waals surface area contributed by atoms with Crippen molar-refractivity contribution in [3.8, 4) is 0 Å². The molecule has 96 valence electrons. The van der Waals surface area contributed by atoms with Gasteiger partial charge in [0.15, 0.2) is 0 Å². The molecule has 2 aromatic rings. The highest BCUT2D eigenvalue weighted by Gasteiger charge is 2.10. The van der Waals surface area contributed by atoms with Gasteiger partial charge in [-0.15, -0.1) is 0 Å². The molecule has 1 aromatic carbocycles. The van der Waals surface area contributed by atoms with Gasteiger partial charge in [0.25, 0.3) is 0 Å². The van der Waals surface area contributed by atoms with Gasteiger partial charge in [0.05, 0.1) is 24.0 Å². The van der Waals surface area contributed by atoms with Crippen molar-refractivity contribution in [2.75, 3.05) is 6.61 Å². The van der Waals surface area contributed by atoms with E-state index in [0.717, 1.165) is 17.0 Å². The van der Waals surface area contributed by atoms with Crippen molar-refractivity contribution >= 4 is 0 Å². The van der Waals surface area contributed by atoms with Gasteiger partial charge in [0.2, 0.25) is 0 Å². The highest BCUT2D eigenvalue weighted by Crippen LogP contribution is 2.12. The summed E-state index contributed by atoms with van der Waals surface area (Å²) < 4.78 is 1.86. The lowest BCUT2D eigenvalue weighted by Crippen LogP contribution is -2.24. The van der Waals surface area contributed by atoms with E-state index in [9.17, 15) is 5.11 Å². The van der Waals surface area contributed by atoms with Crippen LogP contribution in [0.2, 0.25) is 0 Å². The molecule has 0 spiro atoms. The first kappa shape index (κ1) is 12.8. The third-order valence-corrected chi connectivity index (χ3v) is 3.01. The van der Waals surface area contributed by atoms with Crippen LogP contribution in [0.3, 0.4) is 0 Å². The maximum Gasteiger partial charge on any atom is 0.0626 e. The van der Waals surface area contributed by atoms with Crippen LogP contribution in [0.5, 0.6) is 0 Å². The summed E-state index contributed by atoms with van der Waals surface area (Å²) in [5.74, 6) is 0. The fraction of sp³-hybridized carbons (Fsp3) is 0.357. The zero-order chi connectivity index (χ0) is 13.0. The summed E-state index contributed by atoms with van der Waals surface area (Å²) in [6.07, 6.45) is 0. The minimum Gasteiger partial charge on any atom is -0.394 e. The second-order valence-corrected chi connectivity index (χ2v) is 4.43. The number of aromatic nitrogens is 2. The van der Waals surface area contributed by atoms with Crippen molar-refractivity contribution in [1.29, 1.82) is 0 Å². The molecule has 0 amide bonds. The summed E-state index contributed by atoms with van der Waals surface area (Å²) in [4.78, 5) is 0. The van der Waals surface area contributed by atoms with Gasteiger partial charge in [0, 0.05) is 13.6 Å². The molecule has 0 aliphatic rings. The zero-order valence-corrected chi connectivity index (χ0v) is 10.8. The Bertz CT molecular complexity index is 493. The fourth-order valence-corrected chi connectivity index (χ4v) is 2.03. The second kappa shape index (κ2) is 5.80. The van der Waals surface area contributed by atoms with E-state index >= 15 is 0 Å². The van der Waals surface area contributed by atoms with Gasteiger partial charge in [-0.2, -0.15) is 5.10 Å². The molecule has 1 unspecified atom stereocenters. The van der Waals surface area contributed by atoms with Gasteiger partial charge in [-0.1, -0.05) is 30.3 Å². The highest BCUT2D eigenvalue weighted by molar-refractivity contribution is 5.19. The van der Waals surface area contributed by atoms with Crippen LogP contribution in [-0.4, -0.2) is 21.5 Å². The van der Waals surface area contributed by atoms with Crippen molar-refractivity contribution in [1.82, 2.24) is 15.1 Å². The smallest absolute Gasteiger partial charge is 0.0626 e. The van der Waals surface area contributed by atoms with Gasteiger partial charge in [0.1, 0.15) is 0 Å². The molecule has 18 heavy (non-hydrogen) atoms. The Balaban J connectivity index is 2.02. The first-order valence-electron chi connectivity index (χ1n) is 6.09. The van der Waals surface area contributed by atoms with Crippen molar-refractivity contribution in [2.45, 2.75) is 19.5 Å². The summed E-state index contributed by atoms with van der Waals surface area (Å²) in [5.41, 5.74) is 3.22. The Hall–Kier alpha value is -1.65. The number of aryl methyl sites for hydroxylation is 2. The Morgan fingerprint density at radius 1 is 1.33 bits per heavy atom. The molecule has 0 radical (unpaired) electrons. The number of hydrogen-bond acceptors (Lipinski definition) is 3. The van der Waals surface area contributed by atoms with Crippen LogP contribution in [-0.2, 0) is 13.6 Å². The molecule has 0 bridgehead atoms. The lowest BCUT2D eigenvalue weighted by atomic mass is 10.1. The molecule has 1 atom stereocenters. The maximum atomic E-state index is 9.45. The largest absolute Gasteiger partial charge is 0.394 e. The molecule has 1 aromatic heterocycles. The first-order chi connectivity index (χ1) is 8.70. The Morgan fingerprint density at radius 2 is 2.06 bits per heavy atom.